The van der Waals surface area contributed by atoms with Crippen molar-refractivity contribution in [3.8, 4) is 11.3 Å². The summed E-state index contributed by atoms with van der Waals surface area (Å²) in [5, 5.41) is 8.14. The van der Waals surface area contributed by atoms with Crippen molar-refractivity contribution in [1.29, 1.82) is 0 Å². The predicted molar refractivity (Wildman–Crippen MR) is 88.3 cm³/mol. The number of aromatic amines is 1. The molecule has 108 valence electrons. The highest BCUT2D eigenvalue weighted by atomic mass is 16.1. The molecule has 1 aromatic heterocycles. The number of fused-ring (bicyclic) bond motifs is 1. The van der Waals surface area contributed by atoms with Crippen molar-refractivity contribution < 1.29 is 0 Å². The second-order valence-corrected chi connectivity index (χ2v) is 4.52. The molecular weight excluding hydrogens is 262 g/mol. The fourth-order valence-corrected chi connectivity index (χ4v) is 2.12. The summed E-state index contributed by atoms with van der Waals surface area (Å²) in [7, 11) is 0. The van der Waals surface area contributed by atoms with E-state index in [0.717, 1.165) is 27.9 Å². The van der Waals surface area contributed by atoms with E-state index < -0.39 is 0 Å². The van der Waals surface area contributed by atoms with Crippen LogP contribution in [0.1, 0.15) is 19.4 Å². The van der Waals surface area contributed by atoms with Crippen LogP contribution in [0.4, 0.5) is 5.69 Å². The van der Waals surface area contributed by atoms with Crippen LogP contribution in [0.25, 0.3) is 22.0 Å². The van der Waals surface area contributed by atoms with Gasteiger partial charge in [-0.05, 0) is 24.6 Å². The first-order chi connectivity index (χ1) is 10.2. The van der Waals surface area contributed by atoms with Gasteiger partial charge in [-0.15, -0.1) is 0 Å². The van der Waals surface area contributed by atoms with Crippen molar-refractivity contribution in [2.45, 2.75) is 20.8 Å². The van der Waals surface area contributed by atoms with Crippen molar-refractivity contribution in [3.05, 3.63) is 58.4 Å². The van der Waals surface area contributed by atoms with Crippen LogP contribution < -0.4 is 11.3 Å². The second-order valence-electron chi connectivity index (χ2n) is 4.52. The van der Waals surface area contributed by atoms with E-state index in [2.05, 4.69) is 10.2 Å². The van der Waals surface area contributed by atoms with Crippen LogP contribution in [0.2, 0.25) is 0 Å². The molecule has 2 aromatic carbocycles. The molecule has 21 heavy (non-hydrogen) atoms. The van der Waals surface area contributed by atoms with Crippen LogP contribution in [-0.4, -0.2) is 10.2 Å². The Morgan fingerprint density at radius 1 is 1.05 bits per heavy atom. The lowest BCUT2D eigenvalue weighted by Crippen LogP contribution is -2.09. The van der Waals surface area contributed by atoms with E-state index in [0.29, 0.717) is 5.39 Å². The monoisotopic (exact) mass is 281 g/mol. The maximum absolute atomic E-state index is 11.7. The molecule has 1 heterocycles. The number of hydrogen-bond acceptors (Lipinski definition) is 3. The first kappa shape index (κ1) is 14.8. The Balaban J connectivity index is 0.000000774. The lowest BCUT2D eigenvalue weighted by atomic mass is 10.0. The van der Waals surface area contributed by atoms with E-state index in [1.807, 2.05) is 57.2 Å². The van der Waals surface area contributed by atoms with Gasteiger partial charge < -0.3 is 5.73 Å². The van der Waals surface area contributed by atoms with Gasteiger partial charge in [-0.25, -0.2) is 5.10 Å². The minimum absolute atomic E-state index is 0.181. The Morgan fingerprint density at radius 2 is 1.71 bits per heavy atom. The van der Waals surface area contributed by atoms with Gasteiger partial charge in [0.05, 0.1) is 11.1 Å². The highest BCUT2D eigenvalue weighted by molar-refractivity contribution is 5.94. The van der Waals surface area contributed by atoms with Crippen molar-refractivity contribution in [1.82, 2.24) is 10.2 Å². The summed E-state index contributed by atoms with van der Waals surface area (Å²) in [6.45, 7) is 5.96. The quantitative estimate of drug-likeness (QED) is 0.670. The molecule has 0 radical (unpaired) electrons. The number of nitrogens with one attached hydrogen (secondary N) is 1. The van der Waals surface area contributed by atoms with Gasteiger partial charge in [0, 0.05) is 16.6 Å². The van der Waals surface area contributed by atoms with Crippen LogP contribution >= 0.6 is 0 Å². The van der Waals surface area contributed by atoms with Gasteiger partial charge >= 0.3 is 0 Å². The summed E-state index contributed by atoms with van der Waals surface area (Å²) in [6, 6.07) is 13.2. The summed E-state index contributed by atoms with van der Waals surface area (Å²) in [6.07, 6.45) is 0. The van der Waals surface area contributed by atoms with Gasteiger partial charge in [0.25, 0.3) is 5.56 Å². The van der Waals surface area contributed by atoms with Crippen molar-refractivity contribution in [2.75, 3.05) is 5.73 Å². The number of nitrogens with two attached hydrogens (primary N) is 1. The number of rotatable bonds is 1. The van der Waals surface area contributed by atoms with Crippen LogP contribution in [0, 0.1) is 6.92 Å². The first-order valence-electron chi connectivity index (χ1n) is 7.01. The fourth-order valence-electron chi connectivity index (χ4n) is 2.12. The van der Waals surface area contributed by atoms with E-state index in [9.17, 15) is 4.79 Å². The number of anilines is 1. The van der Waals surface area contributed by atoms with Crippen molar-refractivity contribution >= 4 is 16.5 Å². The highest BCUT2D eigenvalue weighted by Gasteiger charge is 2.08. The average Bonchev–Trinajstić information content (AvgIpc) is 2.53. The number of aromatic nitrogens is 2. The molecule has 0 saturated carbocycles. The van der Waals surface area contributed by atoms with E-state index in [4.69, 9.17) is 5.73 Å². The van der Waals surface area contributed by atoms with E-state index in [1.54, 1.807) is 6.07 Å². The molecule has 0 atom stereocenters. The molecule has 0 bridgehead atoms. The third-order valence-corrected chi connectivity index (χ3v) is 3.25. The zero-order chi connectivity index (χ0) is 15.4. The van der Waals surface area contributed by atoms with Gasteiger partial charge in [-0.2, -0.15) is 5.10 Å². The first-order valence-corrected chi connectivity index (χ1v) is 7.01. The van der Waals surface area contributed by atoms with Crippen LogP contribution in [0.3, 0.4) is 0 Å². The summed E-state index contributed by atoms with van der Waals surface area (Å²) in [5.74, 6) is 0. The number of H-pyrrole nitrogens is 1. The van der Waals surface area contributed by atoms with Crippen molar-refractivity contribution in [3.63, 3.8) is 0 Å². The molecule has 0 fully saturated rings. The molecule has 3 rings (SSSR count). The summed E-state index contributed by atoms with van der Waals surface area (Å²) in [4.78, 5) is 11.7. The van der Waals surface area contributed by atoms with Crippen LogP contribution in [-0.2, 0) is 0 Å². The minimum atomic E-state index is -0.181. The fraction of sp³-hybridized carbons (Fsp3) is 0.176. The molecular formula is C17H19N3O. The summed E-state index contributed by atoms with van der Waals surface area (Å²) < 4.78 is 0. The third-order valence-electron chi connectivity index (χ3n) is 3.25. The summed E-state index contributed by atoms with van der Waals surface area (Å²) >= 11 is 0. The smallest absolute Gasteiger partial charge is 0.272 e. The molecule has 0 amide bonds. The Hall–Kier alpha value is -2.62. The molecule has 0 aliphatic heterocycles. The SMILES string of the molecule is CC.Cc1ccc(-c2n[nH]c(=O)c3ccccc23)cc1N. The highest BCUT2D eigenvalue weighted by Crippen LogP contribution is 2.26. The number of aryl methyl sites for hydroxylation is 1. The number of nitrogen functional groups attached to an aromatic ring is 1. The summed E-state index contributed by atoms with van der Waals surface area (Å²) in [5.41, 5.74) is 9.13. The standard InChI is InChI=1S/C15H13N3O.C2H6/c1-9-6-7-10(8-13(9)16)14-11-4-2-3-5-12(11)15(19)18-17-14;1-2/h2-8H,16H2,1H3,(H,18,19);1-2H3. The number of hydrogen-bond donors (Lipinski definition) is 2. The topological polar surface area (TPSA) is 71.8 Å². The maximum Gasteiger partial charge on any atom is 0.272 e. The molecule has 0 aliphatic carbocycles. The third kappa shape index (κ3) is 2.79. The molecule has 3 N–H and O–H groups in total. The normalized spacial score (nSPS) is 10.0. The Labute approximate surface area is 123 Å². The van der Waals surface area contributed by atoms with Gasteiger partial charge in [0.2, 0.25) is 0 Å². The Morgan fingerprint density at radius 3 is 2.38 bits per heavy atom. The van der Waals surface area contributed by atoms with E-state index >= 15 is 0 Å². The van der Waals surface area contributed by atoms with Crippen LogP contribution in [0.5, 0.6) is 0 Å². The number of benzene rings is 2. The molecule has 4 nitrogen and oxygen atoms in total. The minimum Gasteiger partial charge on any atom is -0.398 e. The number of nitrogens with zero attached hydrogens (tertiary/aromatic N) is 1. The van der Waals surface area contributed by atoms with Gasteiger partial charge in [-0.3, -0.25) is 4.79 Å². The zero-order valence-electron chi connectivity index (χ0n) is 12.5. The van der Waals surface area contributed by atoms with Gasteiger partial charge in [-0.1, -0.05) is 44.2 Å². The molecule has 3 aromatic rings. The molecule has 0 unspecified atom stereocenters. The van der Waals surface area contributed by atoms with Crippen molar-refractivity contribution in [2.24, 2.45) is 0 Å². The maximum atomic E-state index is 11.7. The molecule has 0 aliphatic rings. The lowest BCUT2D eigenvalue weighted by molar-refractivity contribution is 1.02. The largest absolute Gasteiger partial charge is 0.398 e. The van der Waals surface area contributed by atoms with Gasteiger partial charge in [0.15, 0.2) is 0 Å². The Kier molecular flexibility index (Phi) is 4.38. The molecule has 0 saturated heterocycles. The lowest BCUT2D eigenvalue weighted by Gasteiger charge is -2.07. The zero-order valence-corrected chi connectivity index (χ0v) is 12.5. The molecule has 4 heteroatoms. The predicted octanol–water partition coefficient (Wildman–Crippen LogP) is 3.51. The van der Waals surface area contributed by atoms with Crippen LogP contribution in [0.15, 0.2) is 47.3 Å². The Bertz CT molecular complexity index is 822. The second kappa shape index (κ2) is 6.22. The molecule has 0 spiro atoms. The average molecular weight is 281 g/mol. The van der Waals surface area contributed by atoms with E-state index in [1.165, 1.54) is 0 Å². The van der Waals surface area contributed by atoms with E-state index in [-0.39, 0.29) is 5.56 Å². The van der Waals surface area contributed by atoms with Gasteiger partial charge in [0.1, 0.15) is 0 Å².